The van der Waals surface area contributed by atoms with Gasteiger partial charge in [-0.3, -0.25) is 9.59 Å². The van der Waals surface area contributed by atoms with E-state index in [4.69, 9.17) is 9.84 Å². The van der Waals surface area contributed by atoms with Crippen molar-refractivity contribution in [3.8, 4) is 5.75 Å². The summed E-state index contributed by atoms with van der Waals surface area (Å²) in [5, 5.41) is 11.4. The highest BCUT2D eigenvalue weighted by Crippen LogP contribution is 2.26. The molecule has 1 amide bonds. The van der Waals surface area contributed by atoms with Crippen LogP contribution in [0.2, 0.25) is 0 Å². The van der Waals surface area contributed by atoms with Crippen molar-refractivity contribution in [2.24, 2.45) is 0 Å². The van der Waals surface area contributed by atoms with Crippen molar-refractivity contribution in [1.29, 1.82) is 0 Å². The van der Waals surface area contributed by atoms with Crippen molar-refractivity contribution < 1.29 is 19.4 Å². The molecule has 0 heterocycles. The van der Waals surface area contributed by atoms with Gasteiger partial charge >= 0.3 is 5.97 Å². The Morgan fingerprint density at radius 2 is 1.76 bits per heavy atom. The molecule has 0 saturated heterocycles. The van der Waals surface area contributed by atoms with Gasteiger partial charge in [-0.05, 0) is 24.5 Å². The van der Waals surface area contributed by atoms with Crippen molar-refractivity contribution in [1.82, 2.24) is 5.32 Å². The molecule has 2 N–H and O–H groups in total. The van der Waals surface area contributed by atoms with Crippen LogP contribution in [-0.2, 0) is 16.0 Å². The zero-order valence-electron chi connectivity index (χ0n) is 14.3. The molecule has 0 aliphatic heterocycles. The quantitative estimate of drug-likeness (QED) is 0.686. The predicted octanol–water partition coefficient (Wildman–Crippen LogP) is 3.35. The molecular formula is C20H23NO4. The molecular weight excluding hydrogens is 318 g/mol. The third-order valence-corrected chi connectivity index (χ3v) is 3.81. The highest BCUT2D eigenvalue weighted by molar-refractivity contribution is 5.82. The van der Waals surface area contributed by atoms with E-state index < -0.39 is 12.1 Å². The number of carbonyl (C=O) groups is 2. The first-order valence-corrected chi connectivity index (χ1v) is 8.40. The van der Waals surface area contributed by atoms with Gasteiger partial charge in [-0.2, -0.15) is 0 Å². The molecule has 25 heavy (non-hydrogen) atoms. The van der Waals surface area contributed by atoms with Gasteiger partial charge in [-0.1, -0.05) is 55.5 Å². The molecule has 5 nitrogen and oxygen atoms in total. The summed E-state index contributed by atoms with van der Waals surface area (Å²) in [6, 6.07) is 16.9. The fraction of sp³-hybridized carbons (Fsp3) is 0.300. The molecule has 132 valence electrons. The fourth-order valence-electron chi connectivity index (χ4n) is 2.48. The molecule has 0 bridgehead atoms. The number of aryl methyl sites for hydroxylation is 1. The van der Waals surface area contributed by atoms with E-state index in [0.717, 1.165) is 17.5 Å². The van der Waals surface area contributed by atoms with Crippen LogP contribution in [0.5, 0.6) is 5.75 Å². The van der Waals surface area contributed by atoms with Gasteiger partial charge in [0.1, 0.15) is 5.75 Å². The van der Waals surface area contributed by atoms with Gasteiger partial charge in [0, 0.05) is 18.5 Å². The van der Waals surface area contributed by atoms with Crippen LogP contribution < -0.4 is 10.1 Å². The molecule has 0 spiro atoms. The van der Waals surface area contributed by atoms with Crippen molar-refractivity contribution in [2.75, 3.05) is 6.54 Å². The number of ether oxygens (including phenoxy) is 1. The van der Waals surface area contributed by atoms with Crippen LogP contribution in [0.1, 0.15) is 37.0 Å². The number of hydrogen-bond acceptors (Lipinski definition) is 3. The normalized spacial score (nSPS) is 11.6. The summed E-state index contributed by atoms with van der Waals surface area (Å²) in [6.07, 6.45) is 0.431. The number of carbonyl (C=O) groups excluding carboxylic acids is 1. The predicted molar refractivity (Wildman–Crippen MR) is 95.5 cm³/mol. The average Bonchev–Trinajstić information content (AvgIpc) is 2.64. The first-order valence-electron chi connectivity index (χ1n) is 8.40. The van der Waals surface area contributed by atoms with E-state index in [1.807, 2.05) is 61.5 Å². The van der Waals surface area contributed by atoms with E-state index >= 15 is 0 Å². The van der Waals surface area contributed by atoms with Crippen LogP contribution in [0.4, 0.5) is 0 Å². The first-order chi connectivity index (χ1) is 12.1. The Morgan fingerprint density at radius 1 is 1.08 bits per heavy atom. The number of para-hydroxylation sites is 1. The molecule has 1 atom stereocenters. The molecule has 0 aromatic heterocycles. The topological polar surface area (TPSA) is 75.6 Å². The van der Waals surface area contributed by atoms with E-state index in [-0.39, 0.29) is 12.3 Å². The third-order valence-electron chi connectivity index (χ3n) is 3.81. The Labute approximate surface area is 147 Å². The lowest BCUT2D eigenvalue weighted by molar-refractivity contribution is -0.137. The molecule has 0 aliphatic carbocycles. The second-order valence-corrected chi connectivity index (χ2v) is 5.66. The van der Waals surface area contributed by atoms with Crippen LogP contribution >= 0.6 is 0 Å². The van der Waals surface area contributed by atoms with E-state index in [2.05, 4.69) is 5.32 Å². The summed E-state index contributed by atoms with van der Waals surface area (Å²) in [6.45, 7) is 2.33. The lowest BCUT2D eigenvalue weighted by Gasteiger charge is -2.20. The Kier molecular flexibility index (Phi) is 7.01. The molecule has 1 unspecified atom stereocenters. The number of carboxylic acids is 1. The Balaban J connectivity index is 2.13. The van der Waals surface area contributed by atoms with Crippen LogP contribution in [0.15, 0.2) is 54.6 Å². The summed E-state index contributed by atoms with van der Waals surface area (Å²) >= 11 is 0. The van der Waals surface area contributed by atoms with Crippen molar-refractivity contribution in [3.05, 3.63) is 65.7 Å². The number of amides is 1. The highest BCUT2D eigenvalue weighted by Gasteiger charge is 2.23. The minimum atomic E-state index is -0.873. The number of nitrogens with one attached hydrogen (secondary N) is 1. The number of rotatable bonds is 9. The minimum Gasteiger partial charge on any atom is -0.481 e. The summed E-state index contributed by atoms with van der Waals surface area (Å²) in [5.41, 5.74) is 1.78. The maximum atomic E-state index is 12.6. The van der Waals surface area contributed by atoms with Gasteiger partial charge in [0.15, 0.2) is 0 Å². The van der Waals surface area contributed by atoms with E-state index in [0.29, 0.717) is 18.7 Å². The summed E-state index contributed by atoms with van der Waals surface area (Å²) in [7, 11) is 0. The van der Waals surface area contributed by atoms with Gasteiger partial charge in [0.2, 0.25) is 6.10 Å². The number of benzene rings is 2. The zero-order valence-corrected chi connectivity index (χ0v) is 14.3. The van der Waals surface area contributed by atoms with Gasteiger partial charge in [-0.15, -0.1) is 0 Å². The molecule has 2 rings (SSSR count). The number of aliphatic carboxylic acids is 1. The van der Waals surface area contributed by atoms with Gasteiger partial charge < -0.3 is 15.2 Å². The molecule has 2 aromatic rings. The smallest absolute Gasteiger partial charge is 0.303 e. The largest absolute Gasteiger partial charge is 0.481 e. The third kappa shape index (κ3) is 5.64. The van der Waals surface area contributed by atoms with Crippen molar-refractivity contribution in [3.63, 3.8) is 0 Å². The summed E-state index contributed by atoms with van der Waals surface area (Å²) in [5.74, 6) is -0.469. The second-order valence-electron chi connectivity index (χ2n) is 5.66. The van der Waals surface area contributed by atoms with Crippen molar-refractivity contribution in [2.45, 2.75) is 32.3 Å². The van der Waals surface area contributed by atoms with Crippen LogP contribution in [0, 0.1) is 0 Å². The number of carboxylic acid groups (broad SMARTS) is 1. The number of hydrogen-bond donors (Lipinski definition) is 2. The van der Waals surface area contributed by atoms with Gasteiger partial charge in [-0.25, -0.2) is 0 Å². The second kappa shape index (κ2) is 9.47. The maximum absolute atomic E-state index is 12.6. The molecule has 0 saturated carbocycles. The monoisotopic (exact) mass is 341 g/mol. The standard InChI is InChI=1S/C20H23NO4/c1-2-15-9-6-7-12-17(15)25-19(16-10-4-3-5-11-16)20(24)21-14-8-13-18(22)23/h3-7,9-12,19H,2,8,13-14H2,1H3,(H,21,24)(H,22,23). The zero-order chi connectivity index (χ0) is 18.1. The summed E-state index contributed by atoms with van der Waals surface area (Å²) in [4.78, 5) is 23.2. The van der Waals surface area contributed by atoms with Crippen molar-refractivity contribution >= 4 is 11.9 Å². The van der Waals surface area contributed by atoms with E-state index in [1.54, 1.807) is 0 Å². The molecule has 0 fully saturated rings. The summed E-state index contributed by atoms with van der Waals surface area (Å²) < 4.78 is 6.03. The van der Waals surface area contributed by atoms with Crippen LogP contribution in [-0.4, -0.2) is 23.5 Å². The Morgan fingerprint density at radius 3 is 2.44 bits per heavy atom. The van der Waals surface area contributed by atoms with Gasteiger partial charge in [0.25, 0.3) is 5.91 Å². The SMILES string of the molecule is CCc1ccccc1OC(C(=O)NCCCC(=O)O)c1ccccc1. The van der Waals surface area contributed by atoms with E-state index in [1.165, 1.54) is 0 Å². The Bertz CT molecular complexity index is 700. The lowest BCUT2D eigenvalue weighted by Crippen LogP contribution is -2.33. The fourth-order valence-corrected chi connectivity index (χ4v) is 2.48. The minimum absolute atomic E-state index is 0.0236. The van der Waals surface area contributed by atoms with Crippen LogP contribution in [0.25, 0.3) is 0 Å². The highest BCUT2D eigenvalue weighted by atomic mass is 16.5. The Hall–Kier alpha value is -2.82. The molecule has 0 aliphatic rings. The van der Waals surface area contributed by atoms with E-state index in [9.17, 15) is 9.59 Å². The molecule has 0 radical (unpaired) electrons. The molecule has 2 aromatic carbocycles. The van der Waals surface area contributed by atoms with Crippen LogP contribution in [0.3, 0.4) is 0 Å². The molecule has 5 heteroatoms. The van der Waals surface area contributed by atoms with Gasteiger partial charge in [0.05, 0.1) is 0 Å². The first kappa shape index (κ1) is 18.5. The average molecular weight is 341 g/mol. The maximum Gasteiger partial charge on any atom is 0.303 e. The lowest BCUT2D eigenvalue weighted by atomic mass is 10.1.